The minimum atomic E-state index is -0.695. The maximum absolute atomic E-state index is 13.9. The van der Waals surface area contributed by atoms with Crippen LogP contribution in [0.2, 0.25) is 0 Å². The van der Waals surface area contributed by atoms with Crippen LogP contribution in [-0.4, -0.2) is 23.3 Å². The Morgan fingerprint density at radius 1 is 1.14 bits per heavy atom. The normalized spacial score (nSPS) is 17.7. The molecule has 1 aliphatic rings. The van der Waals surface area contributed by atoms with Crippen LogP contribution in [-0.2, 0) is 21.4 Å². The second kappa shape index (κ2) is 8.07. The lowest BCUT2D eigenvalue weighted by atomic mass is 9.71. The van der Waals surface area contributed by atoms with E-state index in [2.05, 4.69) is 27.0 Å². The van der Waals surface area contributed by atoms with Gasteiger partial charge in [-0.05, 0) is 66.3 Å². The molecule has 1 aromatic heterocycles. The molecule has 0 radical (unpaired) electrons. The molecule has 0 N–H and O–H groups in total. The lowest BCUT2D eigenvalue weighted by Crippen LogP contribution is -2.35. The van der Waals surface area contributed by atoms with Gasteiger partial charge in [0.25, 0.3) is 0 Å². The molecule has 5 heteroatoms. The monoisotopic (exact) mass is 451 g/mol. The van der Waals surface area contributed by atoms with Gasteiger partial charge >= 0.3 is 5.97 Å². The van der Waals surface area contributed by atoms with Crippen molar-refractivity contribution >= 4 is 38.5 Å². The summed E-state index contributed by atoms with van der Waals surface area (Å²) < 4.78 is 5.91. The highest BCUT2D eigenvalue weighted by Crippen LogP contribution is 2.49. The Kier molecular flexibility index (Phi) is 5.50. The summed E-state index contributed by atoms with van der Waals surface area (Å²) in [7, 11) is 0. The van der Waals surface area contributed by atoms with Crippen LogP contribution in [0.1, 0.15) is 47.7 Å². The van der Waals surface area contributed by atoms with Gasteiger partial charge in [-0.25, -0.2) is 0 Å². The fraction of sp³-hybridized carbons (Fsp3) is 0.292. The van der Waals surface area contributed by atoms with Crippen LogP contribution in [0.4, 0.5) is 0 Å². The highest BCUT2D eigenvalue weighted by atomic mass is 79.9. The number of aromatic nitrogens is 1. The molecule has 0 fully saturated rings. The number of hydrogen-bond donors (Lipinski definition) is 0. The van der Waals surface area contributed by atoms with Crippen molar-refractivity contribution in [1.82, 2.24) is 4.98 Å². The maximum atomic E-state index is 13.9. The number of ketones is 1. The number of carbonyl (C=O) groups is 2. The smallest absolute Gasteiger partial charge is 0.305 e. The Balaban J connectivity index is 1.79. The first-order valence-electron chi connectivity index (χ1n) is 9.88. The van der Waals surface area contributed by atoms with Crippen molar-refractivity contribution in [3.05, 3.63) is 76.0 Å². The molecule has 0 amide bonds. The lowest BCUT2D eigenvalue weighted by molar-refractivity contribution is -0.143. The van der Waals surface area contributed by atoms with Crippen LogP contribution < -0.4 is 0 Å². The van der Waals surface area contributed by atoms with E-state index in [9.17, 15) is 9.59 Å². The van der Waals surface area contributed by atoms with Crippen molar-refractivity contribution in [3.63, 3.8) is 0 Å². The number of esters is 1. The predicted molar refractivity (Wildman–Crippen MR) is 116 cm³/mol. The van der Waals surface area contributed by atoms with E-state index in [4.69, 9.17) is 4.74 Å². The van der Waals surface area contributed by atoms with Crippen molar-refractivity contribution in [3.8, 4) is 0 Å². The zero-order valence-electron chi connectivity index (χ0n) is 16.3. The first-order chi connectivity index (χ1) is 14.1. The van der Waals surface area contributed by atoms with E-state index in [0.717, 1.165) is 31.9 Å². The molecule has 0 bridgehead atoms. The molecule has 0 spiro atoms. The Morgan fingerprint density at radius 3 is 2.69 bits per heavy atom. The number of pyridine rings is 1. The predicted octanol–water partition coefficient (Wildman–Crippen LogP) is 5.41. The van der Waals surface area contributed by atoms with E-state index in [1.54, 1.807) is 19.3 Å². The van der Waals surface area contributed by atoms with Crippen molar-refractivity contribution in [2.45, 2.75) is 38.0 Å². The zero-order chi connectivity index (χ0) is 20.4. The quantitative estimate of drug-likeness (QED) is 0.450. The summed E-state index contributed by atoms with van der Waals surface area (Å²) in [6, 6.07) is 14.0. The zero-order valence-corrected chi connectivity index (χ0v) is 17.9. The molecule has 4 nitrogen and oxygen atoms in total. The molecular weight excluding hydrogens is 430 g/mol. The molecule has 148 valence electrons. The Labute approximate surface area is 178 Å². The fourth-order valence-electron chi connectivity index (χ4n) is 4.46. The van der Waals surface area contributed by atoms with Gasteiger partial charge in [-0.1, -0.05) is 40.2 Å². The summed E-state index contributed by atoms with van der Waals surface area (Å²) >= 11 is 3.60. The van der Waals surface area contributed by atoms with Crippen LogP contribution in [0, 0.1) is 0 Å². The second-order valence-corrected chi connectivity index (χ2v) is 8.28. The average molecular weight is 452 g/mol. The van der Waals surface area contributed by atoms with Crippen LogP contribution in [0.5, 0.6) is 0 Å². The Bertz CT molecular complexity index is 1080. The van der Waals surface area contributed by atoms with E-state index in [0.29, 0.717) is 32.3 Å². The van der Waals surface area contributed by atoms with Gasteiger partial charge in [-0.2, -0.15) is 0 Å². The summed E-state index contributed by atoms with van der Waals surface area (Å²) in [5.74, 6) is -0.0919. The van der Waals surface area contributed by atoms with E-state index in [-0.39, 0.29) is 11.8 Å². The number of hydrogen-bond acceptors (Lipinski definition) is 4. The number of carbonyl (C=O) groups excluding carboxylic acids is 2. The van der Waals surface area contributed by atoms with Crippen molar-refractivity contribution in [2.24, 2.45) is 0 Å². The first kappa shape index (κ1) is 19.8. The summed E-state index contributed by atoms with van der Waals surface area (Å²) in [6.07, 6.45) is 5.59. The van der Waals surface area contributed by atoms with Crippen molar-refractivity contribution in [2.75, 3.05) is 6.61 Å². The summed E-state index contributed by atoms with van der Waals surface area (Å²) in [5, 5.41) is 2.09. The SMILES string of the molecule is CCOC(=O)CCCC1(Cc2ccncc2)C(=O)c2c(Br)ccc3cccc1c23. The topological polar surface area (TPSA) is 56.3 Å². The van der Waals surface area contributed by atoms with Crippen molar-refractivity contribution in [1.29, 1.82) is 0 Å². The van der Waals surface area contributed by atoms with E-state index in [1.165, 1.54) is 0 Å². The largest absolute Gasteiger partial charge is 0.466 e. The summed E-state index contributed by atoms with van der Waals surface area (Å²) in [4.78, 5) is 29.9. The van der Waals surface area contributed by atoms with E-state index in [1.807, 2.05) is 36.4 Å². The Hall–Kier alpha value is -2.53. The first-order valence-corrected chi connectivity index (χ1v) is 10.7. The second-order valence-electron chi connectivity index (χ2n) is 7.43. The minimum Gasteiger partial charge on any atom is -0.466 e. The summed E-state index contributed by atoms with van der Waals surface area (Å²) in [6.45, 7) is 2.18. The third-order valence-electron chi connectivity index (χ3n) is 5.72. The minimum absolute atomic E-state index is 0.122. The molecule has 1 heterocycles. The van der Waals surface area contributed by atoms with Crippen LogP contribution in [0.15, 0.2) is 59.3 Å². The van der Waals surface area contributed by atoms with Crippen LogP contribution in [0.25, 0.3) is 10.8 Å². The molecule has 1 unspecified atom stereocenters. The third-order valence-corrected chi connectivity index (χ3v) is 6.38. The van der Waals surface area contributed by atoms with Crippen LogP contribution >= 0.6 is 15.9 Å². The van der Waals surface area contributed by atoms with Crippen molar-refractivity contribution < 1.29 is 14.3 Å². The van der Waals surface area contributed by atoms with Gasteiger partial charge < -0.3 is 4.74 Å². The number of ether oxygens (including phenoxy) is 1. The molecule has 3 aromatic rings. The third kappa shape index (κ3) is 3.48. The van der Waals surface area contributed by atoms with Gasteiger partial charge in [0, 0.05) is 28.9 Å². The molecule has 1 aliphatic carbocycles. The number of nitrogens with zero attached hydrogens (tertiary/aromatic N) is 1. The van der Waals surface area contributed by atoms with Gasteiger partial charge in [0.1, 0.15) is 0 Å². The van der Waals surface area contributed by atoms with Gasteiger partial charge in [0.2, 0.25) is 0 Å². The molecule has 0 saturated carbocycles. The molecule has 4 rings (SSSR count). The Morgan fingerprint density at radius 2 is 1.93 bits per heavy atom. The number of halogens is 1. The number of rotatable bonds is 7. The maximum Gasteiger partial charge on any atom is 0.305 e. The molecule has 0 aliphatic heterocycles. The van der Waals surface area contributed by atoms with Crippen LogP contribution in [0.3, 0.4) is 0 Å². The molecule has 29 heavy (non-hydrogen) atoms. The highest BCUT2D eigenvalue weighted by Gasteiger charge is 2.47. The summed E-state index contributed by atoms with van der Waals surface area (Å²) in [5.41, 5.74) is 2.17. The molecule has 2 aromatic carbocycles. The molecular formula is C24H22BrNO3. The van der Waals surface area contributed by atoms with Gasteiger partial charge in [-0.3, -0.25) is 14.6 Å². The number of Topliss-reactive ketones (excluding diaryl/α,β-unsaturated/α-hetero) is 1. The van der Waals surface area contributed by atoms with E-state index >= 15 is 0 Å². The lowest BCUT2D eigenvalue weighted by Gasteiger charge is -2.29. The molecule has 1 atom stereocenters. The number of benzene rings is 2. The van der Waals surface area contributed by atoms with Gasteiger partial charge in [0.15, 0.2) is 5.78 Å². The van der Waals surface area contributed by atoms with Gasteiger partial charge in [-0.15, -0.1) is 0 Å². The standard InChI is InChI=1S/C24H22BrNO3/c1-2-29-20(27)7-4-12-24(15-16-10-13-26-14-11-16)18-6-3-5-17-8-9-19(25)22(21(17)18)23(24)28/h3,5-6,8-11,13-14H,2,4,7,12,15H2,1H3. The highest BCUT2D eigenvalue weighted by molar-refractivity contribution is 9.10. The molecule has 0 saturated heterocycles. The van der Waals surface area contributed by atoms with E-state index < -0.39 is 5.41 Å². The van der Waals surface area contributed by atoms with Gasteiger partial charge in [0.05, 0.1) is 12.0 Å². The average Bonchev–Trinajstić information content (AvgIpc) is 2.96. The fourth-order valence-corrected chi connectivity index (χ4v) is 4.98.